The average molecular weight is 249 g/mol. The molecule has 0 spiro atoms. The molecule has 4 nitrogen and oxygen atoms in total. The van der Waals surface area contributed by atoms with E-state index in [1.54, 1.807) is 0 Å². The van der Waals surface area contributed by atoms with Gasteiger partial charge in [0, 0.05) is 12.2 Å². The first-order chi connectivity index (χ1) is 8.70. The molecule has 0 bridgehead atoms. The lowest BCUT2D eigenvalue weighted by molar-refractivity contribution is -0.120. The number of hydrogen-bond donors (Lipinski definition) is 1. The lowest BCUT2D eigenvalue weighted by atomic mass is 10.0. The molecule has 1 fully saturated rings. The van der Waals surface area contributed by atoms with E-state index in [1.165, 1.54) is 12.8 Å². The first kappa shape index (κ1) is 13.3. The summed E-state index contributed by atoms with van der Waals surface area (Å²) in [5.74, 6) is 0.312. The molecule has 0 saturated carbocycles. The minimum absolute atomic E-state index is 0.0491. The summed E-state index contributed by atoms with van der Waals surface area (Å²) in [5, 5.41) is 7.76. The van der Waals surface area contributed by atoms with Crippen LogP contribution in [0.25, 0.3) is 0 Å². The van der Waals surface area contributed by atoms with Crippen molar-refractivity contribution in [3.8, 4) is 0 Å². The van der Waals surface area contributed by atoms with Crippen LogP contribution in [-0.2, 0) is 17.8 Å². The Hall–Kier alpha value is -1.16. The Morgan fingerprint density at radius 3 is 3.11 bits per heavy atom. The number of Topliss-reactive ketones (excluding diaryl/α,β-unsaturated/α-hetero) is 1. The molecular weight excluding hydrogens is 226 g/mol. The van der Waals surface area contributed by atoms with E-state index < -0.39 is 0 Å². The monoisotopic (exact) mass is 249 g/mol. The van der Waals surface area contributed by atoms with Crippen LogP contribution in [0.2, 0.25) is 0 Å². The lowest BCUT2D eigenvalue weighted by Crippen LogP contribution is -2.37. The van der Waals surface area contributed by atoms with E-state index in [1.807, 2.05) is 17.7 Å². The maximum absolute atomic E-state index is 12.3. The van der Waals surface area contributed by atoms with E-state index in [-0.39, 0.29) is 6.04 Å². The Balaban J connectivity index is 2.01. The van der Waals surface area contributed by atoms with E-state index in [9.17, 15) is 4.79 Å². The quantitative estimate of drug-likeness (QED) is 0.886. The summed E-state index contributed by atoms with van der Waals surface area (Å²) < 4.78 is 1.93. The number of aryl methyl sites for hydroxylation is 2. The number of hydrogen-bond acceptors (Lipinski definition) is 3. The van der Waals surface area contributed by atoms with Crippen molar-refractivity contribution < 1.29 is 4.79 Å². The summed E-state index contributed by atoms with van der Waals surface area (Å²) in [7, 11) is 0. The van der Waals surface area contributed by atoms with Gasteiger partial charge in [0.15, 0.2) is 5.78 Å². The highest BCUT2D eigenvalue weighted by atomic mass is 16.1. The third-order valence-electron chi connectivity index (χ3n) is 3.59. The topological polar surface area (TPSA) is 46.9 Å². The first-order valence-electron chi connectivity index (χ1n) is 7.00. The zero-order chi connectivity index (χ0) is 13.0. The maximum Gasteiger partial charge on any atom is 0.155 e. The molecule has 1 saturated heterocycles. The Bertz CT molecular complexity index is 403. The minimum Gasteiger partial charge on any atom is -0.307 e. The molecule has 1 atom stereocenters. The van der Waals surface area contributed by atoms with Gasteiger partial charge in [-0.25, -0.2) is 0 Å². The summed E-state index contributed by atoms with van der Waals surface area (Å²) in [5.41, 5.74) is 2.04. The molecule has 1 aliphatic heterocycles. The third-order valence-corrected chi connectivity index (χ3v) is 3.59. The Kier molecular flexibility index (Phi) is 4.53. The van der Waals surface area contributed by atoms with Crippen molar-refractivity contribution in [2.75, 3.05) is 6.54 Å². The van der Waals surface area contributed by atoms with Crippen molar-refractivity contribution in [2.45, 2.75) is 58.5 Å². The third kappa shape index (κ3) is 3.19. The standard InChI is InChI=1S/C14H23N3O/c1-3-17-12(9-11(2)16-17)10-14(18)13-7-5-4-6-8-15-13/h9,13,15H,3-8,10H2,1-2H3. The van der Waals surface area contributed by atoms with Crippen LogP contribution in [0.15, 0.2) is 6.07 Å². The van der Waals surface area contributed by atoms with Crippen LogP contribution in [0.4, 0.5) is 0 Å². The van der Waals surface area contributed by atoms with E-state index in [0.717, 1.165) is 37.3 Å². The minimum atomic E-state index is 0.0491. The Morgan fingerprint density at radius 1 is 1.50 bits per heavy atom. The molecule has 1 unspecified atom stereocenters. The fraction of sp³-hybridized carbons (Fsp3) is 0.714. The van der Waals surface area contributed by atoms with Crippen molar-refractivity contribution in [2.24, 2.45) is 0 Å². The van der Waals surface area contributed by atoms with E-state index in [4.69, 9.17) is 0 Å². The van der Waals surface area contributed by atoms with Crippen molar-refractivity contribution in [1.82, 2.24) is 15.1 Å². The van der Waals surface area contributed by atoms with Gasteiger partial charge >= 0.3 is 0 Å². The zero-order valence-corrected chi connectivity index (χ0v) is 11.4. The normalized spacial score (nSPS) is 20.7. The van der Waals surface area contributed by atoms with Gasteiger partial charge < -0.3 is 5.32 Å². The molecule has 18 heavy (non-hydrogen) atoms. The molecule has 1 aromatic heterocycles. The predicted octanol–water partition coefficient (Wildman–Crippen LogP) is 1.86. The molecule has 0 aliphatic carbocycles. The highest BCUT2D eigenvalue weighted by Crippen LogP contribution is 2.12. The molecule has 0 radical (unpaired) electrons. The summed E-state index contributed by atoms with van der Waals surface area (Å²) in [6.07, 6.45) is 5.08. The van der Waals surface area contributed by atoms with Gasteiger partial charge in [-0.3, -0.25) is 9.48 Å². The van der Waals surface area contributed by atoms with Gasteiger partial charge in [0.1, 0.15) is 0 Å². The van der Waals surface area contributed by atoms with Crippen LogP contribution in [0.3, 0.4) is 0 Å². The van der Waals surface area contributed by atoms with Crippen LogP contribution in [0, 0.1) is 6.92 Å². The van der Waals surface area contributed by atoms with Crippen LogP contribution in [-0.4, -0.2) is 28.2 Å². The maximum atomic E-state index is 12.3. The largest absolute Gasteiger partial charge is 0.307 e. The molecule has 2 rings (SSSR count). The van der Waals surface area contributed by atoms with Gasteiger partial charge in [0.05, 0.1) is 18.2 Å². The second kappa shape index (κ2) is 6.14. The molecule has 1 aliphatic rings. The fourth-order valence-electron chi connectivity index (χ4n) is 2.62. The molecule has 1 N–H and O–H groups in total. The number of nitrogens with one attached hydrogen (secondary N) is 1. The number of nitrogens with zero attached hydrogens (tertiary/aromatic N) is 2. The summed E-state index contributed by atoms with van der Waals surface area (Å²) >= 11 is 0. The molecule has 1 aromatic rings. The fourth-order valence-corrected chi connectivity index (χ4v) is 2.62. The summed E-state index contributed by atoms with van der Waals surface area (Å²) in [4.78, 5) is 12.3. The van der Waals surface area contributed by atoms with E-state index in [2.05, 4.69) is 17.3 Å². The van der Waals surface area contributed by atoms with Gasteiger partial charge in [0.25, 0.3) is 0 Å². The van der Waals surface area contributed by atoms with Gasteiger partial charge in [-0.05, 0) is 39.3 Å². The van der Waals surface area contributed by atoms with Crippen molar-refractivity contribution in [3.05, 3.63) is 17.5 Å². The SMILES string of the molecule is CCn1nc(C)cc1CC(=O)C1CCCCCN1. The molecule has 2 heterocycles. The molecule has 100 valence electrons. The second-order valence-corrected chi connectivity index (χ2v) is 5.09. The predicted molar refractivity (Wildman–Crippen MR) is 71.6 cm³/mol. The van der Waals surface area contributed by atoms with Crippen LogP contribution >= 0.6 is 0 Å². The molecule has 0 aromatic carbocycles. The van der Waals surface area contributed by atoms with Gasteiger partial charge in [-0.2, -0.15) is 5.10 Å². The average Bonchev–Trinajstić information content (AvgIpc) is 2.58. The zero-order valence-electron chi connectivity index (χ0n) is 11.4. The summed E-state index contributed by atoms with van der Waals surface area (Å²) in [6.45, 7) is 5.84. The van der Waals surface area contributed by atoms with Gasteiger partial charge in [-0.1, -0.05) is 12.8 Å². The van der Waals surface area contributed by atoms with Crippen LogP contribution < -0.4 is 5.32 Å². The van der Waals surface area contributed by atoms with E-state index in [0.29, 0.717) is 12.2 Å². The smallest absolute Gasteiger partial charge is 0.155 e. The number of ketones is 1. The first-order valence-corrected chi connectivity index (χ1v) is 7.00. The molecule has 4 heteroatoms. The highest BCUT2D eigenvalue weighted by Gasteiger charge is 2.20. The second-order valence-electron chi connectivity index (χ2n) is 5.09. The van der Waals surface area contributed by atoms with Crippen LogP contribution in [0.5, 0.6) is 0 Å². The van der Waals surface area contributed by atoms with Crippen LogP contribution in [0.1, 0.15) is 44.0 Å². The highest BCUT2D eigenvalue weighted by molar-refractivity contribution is 5.85. The molecular formula is C14H23N3O. The van der Waals surface area contributed by atoms with Crippen molar-refractivity contribution in [1.29, 1.82) is 0 Å². The Morgan fingerprint density at radius 2 is 2.33 bits per heavy atom. The number of rotatable bonds is 4. The van der Waals surface area contributed by atoms with E-state index >= 15 is 0 Å². The van der Waals surface area contributed by atoms with Gasteiger partial charge in [-0.15, -0.1) is 0 Å². The van der Waals surface area contributed by atoms with Crippen molar-refractivity contribution in [3.63, 3.8) is 0 Å². The number of carbonyl (C=O) groups excluding carboxylic acids is 1. The lowest BCUT2D eigenvalue weighted by Gasteiger charge is -2.14. The number of aromatic nitrogens is 2. The number of carbonyl (C=O) groups is 1. The molecule has 0 amide bonds. The Labute approximate surface area is 109 Å². The van der Waals surface area contributed by atoms with Crippen molar-refractivity contribution >= 4 is 5.78 Å². The summed E-state index contributed by atoms with van der Waals surface area (Å²) in [6, 6.07) is 2.07. The van der Waals surface area contributed by atoms with Gasteiger partial charge in [0.2, 0.25) is 0 Å².